The number of ketones is 1. The highest BCUT2D eigenvalue weighted by atomic mass is 19.4. The van der Waals surface area contributed by atoms with Gasteiger partial charge < -0.3 is 10.1 Å². The topological polar surface area (TPSA) is 38.3 Å². The lowest BCUT2D eigenvalue weighted by molar-refractivity contribution is -0.274. The Hall–Kier alpha value is -1.56. The van der Waals surface area contributed by atoms with E-state index < -0.39 is 6.36 Å². The Kier molecular flexibility index (Phi) is 4.09. The molecule has 1 aliphatic heterocycles. The van der Waals surface area contributed by atoms with Crippen LogP contribution in [-0.2, 0) is 0 Å². The van der Waals surface area contributed by atoms with E-state index in [0.717, 1.165) is 25.5 Å². The van der Waals surface area contributed by atoms with Gasteiger partial charge in [0.1, 0.15) is 5.75 Å². The molecule has 19 heavy (non-hydrogen) atoms. The number of alkyl halides is 3. The smallest absolute Gasteiger partial charge is 0.406 e. The molecule has 0 saturated carbocycles. The number of ether oxygens (including phenoxy) is 1. The van der Waals surface area contributed by atoms with Crippen LogP contribution in [0.5, 0.6) is 5.75 Å². The molecule has 3 nitrogen and oxygen atoms in total. The van der Waals surface area contributed by atoms with Crippen molar-refractivity contribution in [3.63, 3.8) is 0 Å². The summed E-state index contributed by atoms with van der Waals surface area (Å²) in [6.07, 6.45) is -2.50. The third kappa shape index (κ3) is 4.24. The molecule has 1 saturated heterocycles. The monoisotopic (exact) mass is 273 g/mol. The predicted molar refractivity (Wildman–Crippen MR) is 63.1 cm³/mol. The highest BCUT2D eigenvalue weighted by Crippen LogP contribution is 2.24. The van der Waals surface area contributed by atoms with E-state index >= 15 is 0 Å². The highest BCUT2D eigenvalue weighted by Gasteiger charge is 2.31. The van der Waals surface area contributed by atoms with E-state index in [9.17, 15) is 18.0 Å². The van der Waals surface area contributed by atoms with Crippen molar-refractivity contribution in [2.24, 2.45) is 0 Å². The van der Waals surface area contributed by atoms with Gasteiger partial charge in [0.15, 0.2) is 5.78 Å². The summed E-state index contributed by atoms with van der Waals surface area (Å²) in [7, 11) is 0. The standard InChI is InChI=1S/C13H14F3NO2/c14-13(15,16)19-11-5-1-3-9(7-11)12(18)8-10-4-2-6-17-10/h1,3,5,7,10,17H,2,4,6,8H2. The van der Waals surface area contributed by atoms with E-state index in [-0.39, 0.29) is 23.1 Å². The van der Waals surface area contributed by atoms with Gasteiger partial charge in [0.05, 0.1) is 0 Å². The largest absolute Gasteiger partial charge is 0.573 e. The van der Waals surface area contributed by atoms with Gasteiger partial charge in [-0.2, -0.15) is 0 Å². The first-order chi connectivity index (χ1) is 8.94. The Balaban J connectivity index is 2.03. The molecule has 0 bridgehead atoms. The van der Waals surface area contributed by atoms with Crippen molar-refractivity contribution in [3.8, 4) is 5.75 Å². The number of Topliss-reactive ketones (excluding diaryl/α,β-unsaturated/α-hetero) is 1. The molecule has 1 aromatic rings. The van der Waals surface area contributed by atoms with Crippen LogP contribution in [-0.4, -0.2) is 24.7 Å². The van der Waals surface area contributed by atoms with E-state index in [4.69, 9.17) is 0 Å². The predicted octanol–water partition coefficient (Wildman–Crippen LogP) is 2.91. The second kappa shape index (κ2) is 5.61. The van der Waals surface area contributed by atoms with Crippen molar-refractivity contribution in [2.45, 2.75) is 31.7 Å². The lowest BCUT2D eigenvalue weighted by Crippen LogP contribution is -2.24. The molecular formula is C13H14F3NO2. The molecule has 1 heterocycles. The van der Waals surface area contributed by atoms with Gasteiger partial charge in [-0.25, -0.2) is 0 Å². The van der Waals surface area contributed by atoms with Gasteiger partial charge in [-0.15, -0.1) is 13.2 Å². The maximum Gasteiger partial charge on any atom is 0.573 e. The third-order valence-electron chi connectivity index (χ3n) is 2.98. The minimum atomic E-state index is -4.74. The van der Waals surface area contributed by atoms with Crippen LogP contribution >= 0.6 is 0 Å². The molecule has 2 rings (SSSR count). The Morgan fingerprint density at radius 3 is 2.84 bits per heavy atom. The SMILES string of the molecule is O=C(CC1CCCN1)c1cccc(OC(F)(F)F)c1. The fraction of sp³-hybridized carbons (Fsp3) is 0.462. The van der Waals surface area contributed by atoms with Gasteiger partial charge >= 0.3 is 6.36 Å². The van der Waals surface area contributed by atoms with Crippen LogP contribution in [0, 0.1) is 0 Å². The minimum Gasteiger partial charge on any atom is -0.406 e. The summed E-state index contributed by atoms with van der Waals surface area (Å²) in [5, 5.41) is 3.18. The summed E-state index contributed by atoms with van der Waals surface area (Å²) in [6, 6.07) is 5.32. The molecule has 104 valence electrons. The summed E-state index contributed by atoms with van der Waals surface area (Å²) in [5.41, 5.74) is 0.246. The van der Waals surface area contributed by atoms with Crippen molar-refractivity contribution in [1.29, 1.82) is 0 Å². The first kappa shape index (κ1) is 13.9. The van der Waals surface area contributed by atoms with Crippen LogP contribution in [0.1, 0.15) is 29.6 Å². The molecule has 0 radical (unpaired) electrons. The van der Waals surface area contributed by atoms with Crippen LogP contribution in [0.25, 0.3) is 0 Å². The lowest BCUT2D eigenvalue weighted by atomic mass is 10.0. The second-order valence-electron chi connectivity index (χ2n) is 4.50. The van der Waals surface area contributed by atoms with E-state index in [0.29, 0.717) is 6.42 Å². The van der Waals surface area contributed by atoms with E-state index in [2.05, 4.69) is 10.1 Å². The van der Waals surface area contributed by atoms with Gasteiger partial charge in [0.2, 0.25) is 0 Å². The molecule has 1 aromatic carbocycles. The number of carbonyl (C=O) groups excluding carboxylic acids is 1. The number of nitrogens with one attached hydrogen (secondary N) is 1. The van der Waals surface area contributed by atoms with Gasteiger partial charge in [-0.3, -0.25) is 4.79 Å². The van der Waals surface area contributed by atoms with Gasteiger partial charge in [-0.05, 0) is 31.5 Å². The van der Waals surface area contributed by atoms with Crippen LogP contribution < -0.4 is 10.1 Å². The maximum absolute atomic E-state index is 12.1. The molecule has 1 aliphatic rings. The summed E-state index contributed by atoms with van der Waals surface area (Å²) < 4.78 is 40.0. The summed E-state index contributed by atoms with van der Waals surface area (Å²) in [4.78, 5) is 11.9. The Morgan fingerprint density at radius 2 is 2.21 bits per heavy atom. The maximum atomic E-state index is 12.1. The molecule has 6 heteroatoms. The van der Waals surface area contributed by atoms with E-state index in [1.54, 1.807) is 0 Å². The quantitative estimate of drug-likeness (QED) is 0.857. The molecule has 0 amide bonds. The average molecular weight is 273 g/mol. The Bertz CT molecular complexity index is 453. The zero-order chi connectivity index (χ0) is 13.9. The van der Waals surface area contributed by atoms with Gasteiger partial charge in [0.25, 0.3) is 0 Å². The van der Waals surface area contributed by atoms with Crippen LogP contribution in [0.15, 0.2) is 24.3 Å². The first-order valence-corrected chi connectivity index (χ1v) is 6.06. The van der Waals surface area contributed by atoms with Crippen molar-refractivity contribution in [1.82, 2.24) is 5.32 Å². The molecule has 0 aliphatic carbocycles. The molecule has 1 unspecified atom stereocenters. The van der Waals surface area contributed by atoms with Crippen LogP contribution in [0.4, 0.5) is 13.2 Å². The number of carbonyl (C=O) groups is 1. The normalized spacial score (nSPS) is 19.4. The summed E-state index contributed by atoms with van der Waals surface area (Å²) >= 11 is 0. The average Bonchev–Trinajstić information content (AvgIpc) is 2.80. The van der Waals surface area contributed by atoms with Gasteiger partial charge in [-0.1, -0.05) is 12.1 Å². The zero-order valence-corrected chi connectivity index (χ0v) is 10.2. The second-order valence-corrected chi connectivity index (χ2v) is 4.50. The van der Waals surface area contributed by atoms with Crippen LogP contribution in [0.3, 0.4) is 0 Å². The fourth-order valence-corrected chi connectivity index (χ4v) is 2.14. The van der Waals surface area contributed by atoms with Crippen LogP contribution in [0.2, 0.25) is 0 Å². The number of rotatable bonds is 4. The fourth-order valence-electron chi connectivity index (χ4n) is 2.14. The Morgan fingerprint density at radius 1 is 1.42 bits per heavy atom. The lowest BCUT2D eigenvalue weighted by Gasteiger charge is -2.11. The summed E-state index contributed by atoms with van der Waals surface area (Å²) in [5.74, 6) is -0.537. The number of halogens is 3. The summed E-state index contributed by atoms with van der Waals surface area (Å²) in [6.45, 7) is 0.884. The van der Waals surface area contributed by atoms with Crippen molar-refractivity contribution in [2.75, 3.05) is 6.54 Å². The highest BCUT2D eigenvalue weighted by molar-refractivity contribution is 5.96. The van der Waals surface area contributed by atoms with Crippen molar-refractivity contribution >= 4 is 5.78 Å². The van der Waals surface area contributed by atoms with E-state index in [1.165, 1.54) is 18.2 Å². The van der Waals surface area contributed by atoms with Crippen molar-refractivity contribution < 1.29 is 22.7 Å². The number of hydrogen-bond donors (Lipinski definition) is 1. The van der Waals surface area contributed by atoms with E-state index in [1.807, 2.05) is 0 Å². The minimum absolute atomic E-state index is 0.125. The molecule has 1 atom stereocenters. The molecular weight excluding hydrogens is 259 g/mol. The van der Waals surface area contributed by atoms with Crippen molar-refractivity contribution in [3.05, 3.63) is 29.8 Å². The molecule has 1 N–H and O–H groups in total. The molecule has 0 aromatic heterocycles. The zero-order valence-electron chi connectivity index (χ0n) is 10.2. The third-order valence-corrected chi connectivity index (χ3v) is 2.98. The van der Waals surface area contributed by atoms with Gasteiger partial charge in [0, 0.05) is 18.0 Å². The first-order valence-electron chi connectivity index (χ1n) is 6.06. The Labute approximate surface area is 108 Å². The molecule has 1 fully saturated rings. The molecule has 0 spiro atoms. The number of benzene rings is 1. The number of hydrogen-bond acceptors (Lipinski definition) is 3.